The lowest BCUT2D eigenvalue weighted by atomic mass is 10.1. The first-order valence-corrected chi connectivity index (χ1v) is 7.56. The number of carbonyl (C=O) groups excluding carboxylic acids is 1. The number of halogens is 1. The fourth-order valence-electron chi connectivity index (χ4n) is 2.51. The van der Waals surface area contributed by atoms with Crippen LogP contribution in [0.5, 0.6) is 0 Å². The molecule has 0 bridgehead atoms. The van der Waals surface area contributed by atoms with Crippen molar-refractivity contribution in [3.8, 4) is 0 Å². The summed E-state index contributed by atoms with van der Waals surface area (Å²) in [4.78, 5) is 12.3. The molecule has 2 nitrogen and oxygen atoms in total. The predicted octanol–water partition coefficient (Wildman–Crippen LogP) is 4.50. The Balaban J connectivity index is 1.68. The maximum absolute atomic E-state index is 12.3. The van der Waals surface area contributed by atoms with E-state index in [1.54, 1.807) is 0 Å². The SMILES string of the molecule is Cc1ccc(Br)c(NC(=O)C2CC2c2ccccc2)c1. The Morgan fingerprint density at radius 2 is 1.95 bits per heavy atom. The predicted molar refractivity (Wildman–Crippen MR) is 84.8 cm³/mol. The number of rotatable bonds is 3. The zero-order valence-corrected chi connectivity index (χ0v) is 12.9. The summed E-state index contributed by atoms with van der Waals surface area (Å²) in [5.74, 6) is 0.592. The zero-order chi connectivity index (χ0) is 14.1. The topological polar surface area (TPSA) is 29.1 Å². The van der Waals surface area contributed by atoms with Crippen LogP contribution in [-0.2, 0) is 4.79 Å². The summed E-state index contributed by atoms with van der Waals surface area (Å²) < 4.78 is 0.924. The van der Waals surface area contributed by atoms with Crippen LogP contribution < -0.4 is 5.32 Å². The molecule has 102 valence electrons. The molecule has 0 aromatic heterocycles. The molecule has 0 radical (unpaired) electrons. The second kappa shape index (κ2) is 5.41. The Hall–Kier alpha value is -1.61. The molecule has 0 spiro atoms. The first-order chi connectivity index (χ1) is 9.65. The fourth-order valence-corrected chi connectivity index (χ4v) is 2.86. The van der Waals surface area contributed by atoms with Gasteiger partial charge in [-0.15, -0.1) is 0 Å². The molecular formula is C17H16BrNO. The van der Waals surface area contributed by atoms with Crippen LogP contribution in [0.15, 0.2) is 53.0 Å². The van der Waals surface area contributed by atoms with E-state index < -0.39 is 0 Å². The van der Waals surface area contributed by atoms with E-state index in [4.69, 9.17) is 0 Å². The Morgan fingerprint density at radius 1 is 1.20 bits per heavy atom. The molecule has 1 N–H and O–H groups in total. The van der Waals surface area contributed by atoms with E-state index in [0.29, 0.717) is 5.92 Å². The van der Waals surface area contributed by atoms with Crippen molar-refractivity contribution < 1.29 is 4.79 Å². The minimum Gasteiger partial charge on any atom is -0.325 e. The third-order valence-corrected chi connectivity index (χ3v) is 4.43. The summed E-state index contributed by atoms with van der Waals surface area (Å²) in [6, 6.07) is 16.2. The molecule has 1 fully saturated rings. The lowest BCUT2D eigenvalue weighted by Crippen LogP contribution is -2.15. The van der Waals surface area contributed by atoms with E-state index in [-0.39, 0.29) is 11.8 Å². The normalized spacial score (nSPS) is 20.5. The van der Waals surface area contributed by atoms with Gasteiger partial charge in [-0.3, -0.25) is 4.79 Å². The fraction of sp³-hybridized carbons (Fsp3) is 0.235. The second-order valence-electron chi connectivity index (χ2n) is 5.33. The second-order valence-corrected chi connectivity index (χ2v) is 6.19. The zero-order valence-electron chi connectivity index (χ0n) is 11.3. The quantitative estimate of drug-likeness (QED) is 0.882. The summed E-state index contributed by atoms with van der Waals surface area (Å²) in [6.07, 6.45) is 0.944. The standard InChI is InChI=1S/C17H16BrNO/c1-11-7-8-15(18)16(9-11)19-17(20)14-10-13(14)12-5-3-2-4-6-12/h2-9,13-14H,10H2,1H3,(H,19,20). The van der Waals surface area contributed by atoms with Crippen LogP contribution in [0, 0.1) is 12.8 Å². The Kier molecular flexibility index (Phi) is 3.62. The van der Waals surface area contributed by atoms with Crippen molar-refractivity contribution in [3.63, 3.8) is 0 Å². The van der Waals surface area contributed by atoms with Gasteiger partial charge in [0.05, 0.1) is 5.69 Å². The lowest BCUT2D eigenvalue weighted by molar-refractivity contribution is -0.117. The number of aryl methyl sites for hydroxylation is 1. The van der Waals surface area contributed by atoms with Crippen LogP contribution in [0.25, 0.3) is 0 Å². The first kappa shape index (κ1) is 13.4. The van der Waals surface area contributed by atoms with E-state index in [2.05, 4.69) is 33.4 Å². The molecule has 2 aromatic carbocycles. The third-order valence-electron chi connectivity index (χ3n) is 3.73. The maximum atomic E-state index is 12.3. The maximum Gasteiger partial charge on any atom is 0.228 e. The third kappa shape index (κ3) is 2.78. The summed E-state index contributed by atoms with van der Waals surface area (Å²) in [7, 11) is 0. The Morgan fingerprint density at radius 3 is 2.70 bits per heavy atom. The highest BCUT2D eigenvalue weighted by Gasteiger charge is 2.43. The van der Waals surface area contributed by atoms with Crippen molar-refractivity contribution >= 4 is 27.5 Å². The molecule has 1 aliphatic rings. The van der Waals surface area contributed by atoms with Crippen molar-refractivity contribution in [2.24, 2.45) is 5.92 Å². The minimum atomic E-state index is 0.102. The van der Waals surface area contributed by atoms with Gasteiger partial charge in [0, 0.05) is 10.4 Å². The summed E-state index contributed by atoms with van der Waals surface area (Å²) in [6.45, 7) is 2.02. The highest BCUT2D eigenvalue weighted by molar-refractivity contribution is 9.10. The van der Waals surface area contributed by atoms with Gasteiger partial charge in [0.25, 0.3) is 0 Å². The summed E-state index contributed by atoms with van der Waals surface area (Å²) in [5.41, 5.74) is 3.25. The summed E-state index contributed by atoms with van der Waals surface area (Å²) >= 11 is 3.47. The molecule has 1 aliphatic carbocycles. The van der Waals surface area contributed by atoms with Gasteiger partial charge < -0.3 is 5.32 Å². The minimum absolute atomic E-state index is 0.102. The molecular weight excluding hydrogens is 314 g/mol. The van der Waals surface area contributed by atoms with Gasteiger partial charge in [0.1, 0.15) is 0 Å². The van der Waals surface area contributed by atoms with Gasteiger partial charge in [-0.25, -0.2) is 0 Å². The van der Waals surface area contributed by atoms with Crippen LogP contribution in [0.2, 0.25) is 0 Å². The molecule has 2 aromatic rings. The van der Waals surface area contributed by atoms with Crippen LogP contribution >= 0.6 is 15.9 Å². The van der Waals surface area contributed by atoms with Gasteiger partial charge >= 0.3 is 0 Å². The smallest absolute Gasteiger partial charge is 0.228 e. The number of carbonyl (C=O) groups is 1. The molecule has 0 aliphatic heterocycles. The Labute approximate surface area is 127 Å². The van der Waals surface area contributed by atoms with Crippen molar-refractivity contribution in [2.45, 2.75) is 19.3 Å². The molecule has 0 heterocycles. The number of hydrogen-bond donors (Lipinski definition) is 1. The van der Waals surface area contributed by atoms with Gasteiger partial charge in [-0.2, -0.15) is 0 Å². The largest absolute Gasteiger partial charge is 0.325 e. The summed E-state index contributed by atoms with van der Waals surface area (Å²) in [5, 5.41) is 3.03. The average Bonchev–Trinajstić information content (AvgIpc) is 3.24. The van der Waals surface area contributed by atoms with Gasteiger partial charge in [-0.05, 0) is 58.5 Å². The number of nitrogens with one attached hydrogen (secondary N) is 1. The van der Waals surface area contributed by atoms with Crippen LogP contribution in [0.4, 0.5) is 5.69 Å². The van der Waals surface area contributed by atoms with Crippen molar-refractivity contribution in [2.75, 3.05) is 5.32 Å². The number of amides is 1. The first-order valence-electron chi connectivity index (χ1n) is 6.77. The van der Waals surface area contributed by atoms with E-state index in [0.717, 1.165) is 22.1 Å². The highest BCUT2D eigenvalue weighted by atomic mass is 79.9. The van der Waals surface area contributed by atoms with E-state index in [9.17, 15) is 4.79 Å². The molecule has 2 atom stereocenters. The van der Waals surface area contributed by atoms with E-state index >= 15 is 0 Å². The number of anilines is 1. The van der Waals surface area contributed by atoms with Crippen molar-refractivity contribution in [1.82, 2.24) is 0 Å². The van der Waals surface area contributed by atoms with E-state index in [1.165, 1.54) is 5.56 Å². The molecule has 1 amide bonds. The van der Waals surface area contributed by atoms with Crippen molar-refractivity contribution in [3.05, 3.63) is 64.1 Å². The molecule has 3 heteroatoms. The molecule has 20 heavy (non-hydrogen) atoms. The number of benzene rings is 2. The van der Waals surface area contributed by atoms with Gasteiger partial charge in [0.15, 0.2) is 0 Å². The lowest BCUT2D eigenvalue weighted by Gasteiger charge is -2.08. The molecule has 0 saturated heterocycles. The van der Waals surface area contributed by atoms with Gasteiger partial charge in [-0.1, -0.05) is 36.4 Å². The van der Waals surface area contributed by atoms with Crippen LogP contribution in [-0.4, -0.2) is 5.91 Å². The van der Waals surface area contributed by atoms with E-state index in [1.807, 2.05) is 43.3 Å². The highest BCUT2D eigenvalue weighted by Crippen LogP contribution is 2.48. The van der Waals surface area contributed by atoms with Crippen molar-refractivity contribution in [1.29, 1.82) is 0 Å². The Bertz CT molecular complexity index is 639. The van der Waals surface area contributed by atoms with Crippen LogP contribution in [0.3, 0.4) is 0 Å². The molecule has 3 rings (SSSR count). The molecule has 1 saturated carbocycles. The van der Waals surface area contributed by atoms with Crippen LogP contribution in [0.1, 0.15) is 23.5 Å². The molecule has 2 unspecified atom stereocenters. The number of hydrogen-bond acceptors (Lipinski definition) is 1. The average molecular weight is 330 g/mol. The van der Waals surface area contributed by atoms with Gasteiger partial charge in [0.2, 0.25) is 5.91 Å². The monoisotopic (exact) mass is 329 g/mol.